The Morgan fingerprint density at radius 3 is 2.33 bits per heavy atom. The van der Waals surface area contributed by atoms with Crippen LogP contribution in [-0.4, -0.2) is 13.0 Å². The van der Waals surface area contributed by atoms with Gasteiger partial charge < -0.3 is 10.0 Å². The van der Waals surface area contributed by atoms with Crippen molar-refractivity contribution in [2.75, 3.05) is 11.8 Å². The third-order valence-corrected chi connectivity index (χ3v) is 4.74. The van der Waals surface area contributed by atoms with Crippen molar-refractivity contribution in [1.82, 2.24) is 5.32 Å². The molecule has 0 aliphatic rings. The zero-order chi connectivity index (χ0) is 17.1. The number of amides is 1. The summed E-state index contributed by atoms with van der Waals surface area (Å²) >= 11 is 13.5. The fourth-order valence-electron chi connectivity index (χ4n) is 2.43. The minimum atomic E-state index is -0.105. The number of carbonyl (C=O) groups excluding carboxylic acids is 1. The molecule has 1 amide bonds. The van der Waals surface area contributed by atoms with Crippen LogP contribution < -0.4 is 10.0 Å². The molecule has 0 fully saturated rings. The smallest absolute Gasteiger partial charge is 0.251 e. The van der Waals surface area contributed by atoms with E-state index in [4.69, 9.17) is 23.2 Å². The molecule has 0 spiro atoms. The summed E-state index contributed by atoms with van der Waals surface area (Å²) in [5.41, 5.74) is 1.56. The quantitative estimate of drug-likeness (QED) is 0.580. The summed E-state index contributed by atoms with van der Waals surface area (Å²) in [4.78, 5) is 12.9. The van der Waals surface area contributed by atoms with Crippen LogP contribution in [0.25, 0.3) is 10.8 Å². The summed E-state index contributed by atoms with van der Waals surface area (Å²) in [5, 5.41) is 5.71. The Labute approximate surface area is 154 Å². The van der Waals surface area contributed by atoms with Crippen molar-refractivity contribution in [3.8, 4) is 0 Å². The summed E-state index contributed by atoms with van der Waals surface area (Å²) in [6, 6.07) is 16.9. The lowest BCUT2D eigenvalue weighted by Crippen LogP contribution is -2.18. The van der Waals surface area contributed by atoms with Crippen LogP contribution >= 0.6 is 35.1 Å². The average Bonchev–Trinajstić information content (AvgIpc) is 2.58. The molecule has 0 saturated carbocycles. The third-order valence-electron chi connectivity index (χ3n) is 3.51. The number of carbonyl (C=O) groups is 1. The molecular formula is C18H14Cl2N2OS. The van der Waals surface area contributed by atoms with Gasteiger partial charge in [0.2, 0.25) is 0 Å². The van der Waals surface area contributed by atoms with Gasteiger partial charge in [-0.3, -0.25) is 4.79 Å². The molecule has 3 aromatic rings. The van der Waals surface area contributed by atoms with E-state index in [1.165, 1.54) is 11.9 Å². The molecule has 3 nitrogen and oxygen atoms in total. The number of benzene rings is 3. The van der Waals surface area contributed by atoms with E-state index in [0.717, 1.165) is 21.4 Å². The number of halogens is 2. The van der Waals surface area contributed by atoms with Gasteiger partial charge >= 0.3 is 0 Å². The minimum Gasteiger partial charge on any atom is -0.355 e. The second kappa shape index (κ2) is 7.34. The van der Waals surface area contributed by atoms with Crippen LogP contribution in [0.1, 0.15) is 10.4 Å². The summed E-state index contributed by atoms with van der Waals surface area (Å²) in [5.74, 6) is -0.105. The zero-order valence-electron chi connectivity index (χ0n) is 12.8. The Bertz CT molecular complexity index is 894. The SMILES string of the molecule is CNC(=O)c1cccc2c(NSc3cc(Cl)cc(Cl)c3)cccc12. The van der Waals surface area contributed by atoms with Gasteiger partial charge in [0.1, 0.15) is 0 Å². The third kappa shape index (κ3) is 3.61. The predicted octanol–water partition coefficient (Wildman–Crippen LogP) is 5.63. The Morgan fingerprint density at radius 1 is 0.958 bits per heavy atom. The molecule has 2 N–H and O–H groups in total. The topological polar surface area (TPSA) is 41.1 Å². The Balaban J connectivity index is 1.94. The van der Waals surface area contributed by atoms with E-state index in [-0.39, 0.29) is 5.91 Å². The lowest BCUT2D eigenvalue weighted by molar-refractivity contribution is 0.0965. The van der Waals surface area contributed by atoms with Crippen LogP contribution in [0.15, 0.2) is 59.5 Å². The van der Waals surface area contributed by atoms with Gasteiger partial charge in [0.15, 0.2) is 0 Å². The fraction of sp³-hybridized carbons (Fsp3) is 0.0556. The highest BCUT2D eigenvalue weighted by molar-refractivity contribution is 8.00. The van der Waals surface area contributed by atoms with E-state index in [2.05, 4.69) is 10.0 Å². The van der Waals surface area contributed by atoms with Gasteiger partial charge in [0, 0.05) is 32.9 Å². The maximum Gasteiger partial charge on any atom is 0.251 e. The van der Waals surface area contributed by atoms with Crippen molar-refractivity contribution < 1.29 is 4.79 Å². The number of fused-ring (bicyclic) bond motifs is 1. The van der Waals surface area contributed by atoms with Gasteiger partial charge in [-0.15, -0.1) is 0 Å². The molecule has 24 heavy (non-hydrogen) atoms. The van der Waals surface area contributed by atoms with Gasteiger partial charge in [-0.2, -0.15) is 0 Å². The van der Waals surface area contributed by atoms with Gasteiger partial charge in [0.25, 0.3) is 5.91 Å². The van der Waals surface area contributed by atoms with Gasteiger partial charge in [0.05, 0.1) is 5.69 Å². The fourth-order valence-corrected chi connectivity index (χ4v) is 3.87. The lowest BCUT2D eigenvalue weighted by Gasteiger charge is -2.11. The molecule has 3 rings (SSSR count). The van der Waals surface area contributed by atoms with E-state index in [9.17, 15) is 4.79 Å². The van der Waals surface area contributed by atoms with Gasteiger partial charge in [-0.25, -0.2) is 0 Å². The summed E-state index contributed by atoms with van der Waals surface area (Å²) < 4.78 is 3.31. The molecule has 0 aromatic heterocycles. The molecular weight excluding hydrogens is 363 g/mol. The molecule has 0 aliphatic carbocycles. The molecule has 0 unspecified atom stereocenters. The number of hydrogen-bond acceptors (Lipinski definition) is 3. The molecule has 0 bridgehead atoms. The Kier molecular flexibility index (Phi) is 5.19. The number of anilines is 1. The van der Waals surface area contributed by atoms with E-state index in [0.29, 0.717) is 15.6 Å². The number of nitrogens with one attached hydrogen (secondary N) is 2. The molecule has 0 saturated heterocycles. The highest BCUT2D eigenvalue weighted by Gasteiger charge is 2.10. The average molecular weight is 377 g/mol. The van der Waals surface area contributed by atoms with Crippen molar-refractivity contribution in [2.24, 2.45) is 0 Å². The normalized spacial score (nSPS) is 10.6. The van der Waals surface area contributed by atoms with Crippen molar-refractivity contribution >= 4 is 57.5 Å². The van der Waals surface area contributed by atoms with E-state index in [1.54, 1.807) is 13.1 Å². The second-order valence-electron chi connectivity index (χ2n) is 5.09. The van der Waals surface area contributed by atoms with Crippen molar-refractivity contribution in [3.05, 3.63) is 70.2 Å². The Morgan fingerprint density at radius 2 is 1.62 bits per heavy atom. The lowest BCUT2D eigenvalue weighted by atomic mass is 10.0. The Hall–Kier alpha value is -1.88. The zero-order valence-corrected chi connectivity index (χ0v) is 15.1. The summed E-state index contributed by atoms with van der Waals surface area (Å²) in [6.07, 6.45) is 0. The van der Waals surface area contributed by atoms with Crippen LogP contribution in [0, 0.1) is 0 Å². The largest absolute Gasteiger partial charge is 0.355 e. The molecule has 0 heterocycles. The van der Waals surface area contributed by atoms with E-state index in [1.807, 2.05) is 48.5 Å². The number of hydrogen-bond donors (Lipinski definition) is 2. The molecule has 6 heteroatoms. The first kappa shape index (κ1) is 17.0. The minimum absolute atomic E-state index is 0.105. The first-order valence-corrected chi connectivity index (χ1v) is 8.78. The maximum atomic E-state index is 12.0. The van der Waals surface area contributed by atoms with Crippen LogP contribution in [0.4, 0.5) is 5.69 Å². The summed E-state index contributed by atoms with van der Waals surface area (Å²) in [6.45, 7) is 0. The first-order chi connectivity index (χ1) is 11.6. The number of rotatable bonds is 4. The molecule has 3 aromatic carbocycles. The highest BCUT2D eigenvalue weighted by Crippen LogP contribution is 2.32. The van der Waals surface area contributed by atoms with Gasteiger partial charge in [-0.1, -0.05) is 47.5 Å². The van der Waals surface area contributed by atoms with Crippen LogP contribution in [0.3, 0.4) is 0 Å². The van der Waals surface area contributed by atoms with E-state index < -0.39 is 0 Å². The van der Waals surface area contributed by atoms with Gasteiger partial charge in [-0.05, 0) is 47.7 Å². The van der Waals surface area contributed by atoms with Crippen molar-refractivity contribution in [1.29, 1.82) is 0 Å². The second-order valence-corrected chi connectivity index (χ2v) is 6.85. The standard InChI is InChI=1S/C18H14Cl2N2OS/c1-21-18(23)16-6-2-5-15-14(16)4-3-7-17(15)22-24-13-9-11(19)8-12(20)10-13/h2-10,22H,1H3,(H,21,23). The molecule has 122 valence electrons. The monoisotopic (exact) mass is 376 g/mol. The van der Waals surface area contributed by atoms with Crippen molar-refractivity contribution in [3.63, 3.8) is 0 Å². The van der Waals surface area contributed by atoms with Crippen LogP contribution in [0.5, 0.6) is 0 Å². The molecule has 0 radical (unpaired) electrons. The van der Waals surface area contributed by atoms with Crippen molar-refractivity contribution in [2.45, 2.75) is 4.90 Å². The highest BCUT2D eigenvalue weighted by atomic mass is 35.5. The maximum absolute atomic E-state index is 12.0. The first-order valence-electron chi connectivity index (χ1n) is 7.21. The van der Waals surface area contributed by atoms with Crippen LogP contribution in [0.2, 0.25) is 10.0 Å². The van der Waals surface area contributed by atoms with Crippen LogP contribution in [-0.2, 0) is 0 Å². The predicted molar refractivity (Wildman–Crippen MR) is 103 cm³/mol. The van der Waals surface area contributed by atoms with E-state index >= 15 is 0 Å². The summed E-state index contributed by atoms with van der Waals surface area (Å²) in [7, 11) is 1.63. The molecule has 0 atom stereocenters. The molecule has 0 aliphatic heterocycles.